The summed E-state index contributed by atoms with van der Waals surface area (Å²) in [6.07, 6.45) is 0.344. The van der Waals surface area contributed by atoms with Crippen LogP contribution in [0, 0.1) is 13.8 Å². The van der Waals surface area contributed by atoms with Crippen molar-refractivity contribution in [3.05, 3.63) is 47.3 Å². The molecule has 0 unspecified atom stereocenters. The SMILES string of the molecule is Cc1nn(-c2ccccc2)c(C)c1C(=O)OCC(=O)N[C@]1(C)CCS(=O)(=O)C1. The van der Waals surface area contributed by atoms with Crippen LogP contribution in [0.4, 0.5) is 0 Å². The Morgan fingerprint density at radius 1 is 1.25 bits per heavy atom. The van der Waals surface area contributed by atoms with Gasteiger partial charge in [-0.1, -0.05) is 18.2 Å². The molecule has 1 aromatic heterocycles. The first-order valence-corrected chi connectivity index (χ1v) is 10.7. The van der Waals surface area contributed by atoms with Crippen molar-refractivity contribution >= 4 is 21.7 Å². The van der Waals surface area contributed by atoms with E-state index in [1.54, 1.807) is 25.5 Å². The fourth-order valence-electron chi connectivity index (χ4n) is 3.44. The van der Waals surface area contributed by atoms with E-state index in [4.69, 9.17) is 4.74 Å². The number of carbonyl (C=O) groups is 2. The van der Waals surface area contributed by atoms with Crippen LogP contribution in [0.5, 0.6) is 0 Å². The monoisotopic (exact) mass is 405 g/mol. The molecule has 9 heteroatoms. The number of aryl methyl sites for hydroxylation is 1. The molecule has 1 aliphatic heterocycles. The Hall–Kier alpha value is -2.68. The van der Waals surface area contributed by atoms with Gasteiger partial charge in [0.15, 0.2) is 16.4 Å². The number of carbonyl (C=O) groups excluding carboxylic acids is 2. The standard InChI is InChI=1S/C19H23N3O5S/c1-13-17(14(2)22(21-13)15-7-5-4-6-8-15)18(24)27-11-16(23)20-19(3)9-10-28(25,26)12-19/h4-8H,9-12H2,1-3H3,(H,20,23)/t19-/m1/s1. The van der Waals surface area contributed by atoms with Gasteiger partial charge in [0.05, 0.1) is 34.1 Å². The predicted molar refractivity (Wildman–Crippen MR) is 103 cm³/mol. The van der Waals surface area contributed by atoms with Crippen molar-refractivity contribution in [2.24, 2.45) is 0 Å². The third-order valence-corrected chi connectivity index (χ3v) is 6.68. The molecule has 8 nitrogen and oxygen atoms in total. The summed E-state index contributed by atoms with van der Waals surface area (Å²) in [6.45, 7) is 4.65. The summed E-state index contributed by atoms with van der Waals surface area (Å²) in [5.74, 6) is -1.24. The lowest BCUT2D eigenvalue weighted by Crippen LogP contribution is -2.48. The Balaban J connectivity index is 1.66. The second-order valence-corrected chi connectivity index (χ2v) is 9.50. The molecule has 1 saturated heterocycles. The highest BCUT2D eigenvalue weighted by Crippen LogP contribution is 2.23. The van der Waals surface area contributed by atoms with Gasteiger partial charge in [0.25, 0.3) is 5.91 Å². The Bertz CT molecular complexity index is 1010. The molecular weight excluding hydrogens is 382 g/mol. The van der Waals surface area contributed by atoms with Gasteiger partial charge in [-0.05, 0) is 39.3 Å². The predicted octanol–water partition coefficient (Wildman–Crippen LogP) is 1.34. The van der Waals surface area contributed by atoms with Crippen LogP contribution in [0.25, 0.3) is 5.69 Å². The Morgan fingerprint density at radius 3 is 2.54 bits per heavy atom. The van der Waals surface area contributed by atoms with Crippen molar-refractivity contribution < 1.29 is 22.7 Å². The molecule has 3 rings (SSSR count). The summed E-state index contributed by atoms with van der Waals surface area (Å²) in [4.78, 5) is 24.6. The zero-order valence-electron chi connectivity index (χ0n) is 16.1. The summed E-state index contributed by atoms with van der Waals surface area (Å²) in [5.41, 5.74) is 1.41. The number of ether oxygens (including phenoxy) is 1. The largest absolute Gasteiger partial charge is 0.452 e. The summed E-state index contributed by atoms with van der Waals surface area (Å²) in [7, 11) is -3.14. The van der Waals surface area contributed by atoms with Crippen LogP contribution >= 0.6 is 0 Å². The number of esters is 1. The molecule has 2 heterocycles. The van der Waals surface area contributed by atoms with Gasteiger partial charge in [0.1, 0.15) is 5.56 Å². The zero-order chi connectivity index (χ0) is 20.5. The third kappa shape index (κ3) is 4.24. The van der Waals surface area contributed by atoms with Gasteiger partial charge < -0.3 is 10.1 Å². The first-order valence-electron chi connectivity index (χ1n) is 8.90. The molecule has 0 bridgehead atoms. The normalized spacial score (nSPS) is 20.7. The van der Waals surface area contributed by atoms with Crippen LogP contribution in [0.1, 0.15) is 35.1 Å². The van der Waals surface area contributed by atoms with E-state index in [1.165, 1.54) is 0 Å². The number of rotatable bonds is 5. The molecule has 1 N–H and O–H groups in total. The maximum atomic E-state index is 12.5. The van der Waals surface area contributed by atoms with Gasteiger partial charge >= 0.3 is 5.97 Å². The molecule has 0 saturated carbocycles. The van der Waals surface area contributed by atoms with Gasteiger partial charge in [-0.15, -0.1) is 0 Å². The molecule has 150 valence electrons. The first-order chi connectivity index (χ1) is 13.1. The minimum absolute atomic E-state index is 0.0423. The Kier molecular flexibility index (Phi) is 5.29. The first kappa shape index (κ1) is 20.1. The molecule has 1 atom stereocenters. The average Bonchev–Trinajstić information content (AvgIpc) is 3.08. The third-order valence-electron chi connectivity index (χ3n) is 4.78. The van der Waals surface area contributed by atoms with Crippen LogP contribution in [-0.2, 0) is 19.4 Å². The van der Waals surface area contributed by atoms with Crippen molar-refractivity contribution in [3.63, 3.8) is 0 Å². The molecule has 1 fully saturated rings. The number of sulfone groups is 1. The smallest absolute Gasteiger partial charge is 0.342 e. The number of aromatic nitrogens is 2. The second-order valence-electron chi connectivity index (χ2n) is 7.32. The lowest BCUT2D eigenvalue weighted by molar-refractivity contribution is -0.125. The number of hydrogen-bond donors (Lipinski definition) is 1. The number of amides is 1. The molecule has 1 aromatic carbocycles. The zero-order valence-corrected chi connectivity index (χ0v) is 16.9. The molecule has 2 aromatic rings. The molecule has 1 aliphatic rings. The fourth-order valence-corrected chi connectivity index (χ4v) is 5.54. The van der Waals surface area contributed by atoms with Crippen molar-refractivity contribution in [2.75, 3.05) is 18.1 Å². The van der Waals surface area contributed by atoms with Crippen LogP contribution in [-0.4, -0.2) is 53.7 Å². The van der Waals surface area contributed by atoms with Gasteiger partial charge in [-0.25, -0.2) is 17.9 Å². The second kappa shape index (κ2) is 7.38. The lowest BCUT2D eigenvalue weighted by Gasteiger charge is -2.23. The molecular formula is C19H23N3O5S. The quantitative estimate of drug-likeness (QED) is 0.752. The number of nitrogens with zero attached hydrogens (tertiary/aromatic N) is 2. The van der Waals surface area contributed by atoms with E-state index >= 15 is 0 Å². The molecule has 0 spiro atoms. The van der Waals surface area contributed by atoms with Gasteiger partial charge in [0, 0.05) is 0 Å². The van der Waals surface area contributed by atoms with Crippen LogP contribution in [0.3, 0.4) is 0 Å². The number of para-hydroxylation sites is 1. The van der Waals surface area contributed by atoms with E-state index < -0.39 is 33.9 Å². The van der Waals surface area contributed by atoms with E-state index in [0.29, 0.717) is 23.4 Å². The molecule has 1 amide bonds. The van der Waals surface area contributed by atoms with Crippen molar-refractivity contribution in [1.29, 1.82) is 0 Å². The van der Waals surface area contributed by atoms with Crippen LogP contribution in [0.2, 0.25) is 0 Å². The summed E-state index contributed by atoms with van der Waals surface area (Å²) >= 11 is 0. The van der Waals surface area contributed by atoms with Crippen molar-refractivity contribution in [3.8, 4) is 5.69 Å². The molecule has 0 radical (unpaired) electrons. The Labute approximate surface area is 163 Å². The highest BCUT2D eigenvalue weighted by molar-refractivity contribution is 7.91. The van der Waals surface area contributed by atoms with E-state index in [9.17, 15) is 18.0 Å². The van der Waals surface area contributed by atoms with Gasteiger partial charge in [-0.2, -0.15) is 5.10 Å². The van der Waals surface area contributed by atoms with E-state index in [2.05, 4.69) is 10.4 Å². The minimum Gasteiger partial charge on any atom is -0.452 e. The van der Waals surface area contributed by atoms with Crippen molar-refractivity contribution in [1.82, 2.24) is 15.1 Å². The maximum Gasteiger partial charge on any atom is 0.342 e. The maximum absolute atomic E-state index is 12.5. The van der Waals surface area contributed by atoms with Crippen molar-refractivity contribution in [2.45, 2.75) is 32.7 Å². The van der Waals surface area contributed by atoms with Crippen LogP contribution in [0.15, 0.2) is 30.3 Å². The summed E-state index contributed by atoms with van der Waals surface area (Å²) in [5, 5.41) is 7.05. The summed E-state index contributed by atoms with van der Waals surface area (Å²) < 4.78 is 30.1. The minimum atomic E-state index is -3.14. The molecule has 28 heavy (non-hydrogen) atoms. The summed E-state index contributed by atoms with van der Waals surface area (Å²) in [6, 6.07) is 9.38. The highest BCUT2D eigenvalue weighted by atomic mass is 32.2. The number of nitrogens with one attached hydrogen (secondary N) is 1. The number of benzene rings is 1. The Morgan fingerprint density at radius 2 is 1.93 bits per heavy atom. The van der Waals surface area contributed by atoms with E-state index in [-0.39, 0.29) is 11.5 Å². The van der Waals surface area contributed by atoms with Crippen LogP contribution < -0.4 is 5.32 Å². The lowest BCUT2D eigenvalue weighted by atomic mass is 10.0. The number of hydrogen-bond acceptors (Lipinski definition) is 6. The van der Waals surface area contributed by atoms with E-state index in [1.807, 2.05) is 30.3 Å². The van der Waals surface area contributed by atoms with Gasteiger partial charge in [-0.3, -0.25) is 4.79 Å². The van der Waals surface area contributed by atoms with Gasteiger partial charge in [0.2, 0.25) is 0 Å². The molecule has 0 aliphatic carbocycles. The highest BCUT2D eigenvalue weighted by Gasteiger charge is 2.39. The fraction of sp³-hybridized carbons (Fsp3) is 0.421. The van der Waals surface area contributed by atoms with E-state index in [0.717, 1.165) is 5.69 Å². The topological polar surface area (TPSA) is 107 Å². The average molecular weight is 405 g/mol.